The smallest absolute Gasteiger partial charge is 0.328 e. The molecule has 0 aliphatic carbocycles. The lowest BCUT2D eigenvalue weighted by molar-refractivity contribution is -0.131. The summed E-state index contributed by atoms with van der Waals surface area (Å²) in [7, 11) is 0. The molecule has 0 bridgehead atoms. The number of carboxylic acids is 1. The summed E-state index contributed by atoms with van der Waals surface area (Å²) in [6.45, 7) is 2.45. The summed E-state index contributed by atoms with van der Waals surface area (Å²) < 4.78 is 5.71. The topological polar surface area (TPSA) is 46.5 Å². The maximum absolute atomic E-state index is 10.5. The lowest BCUT2D eigenvalue weighted by atomic mass is 10.1. The fourth-order valence-corrected chi connectivity index (χ4v) is 1.83. The van der Waals surface area contributed by atoms with Gasteiger partial charge in [-0.3, -0.25) is 0 Å². The Hall–Kier alpha value is -2.55. The molecule has 1 N–H and O–H groups in total. The first-order valence-corrected chi connectivity index (χ1v) is 6.33. The van der Waals surface area contributed by atoms with Crippen LogP contribution in [-0.4, -0.2) is 11.1 Å². The average Bonchev–Trinajstić information content (AvgIpc) is 2.45. The minimum Gasteiger partial charge on any atom is -0.489 e. The first kappa shape index (κ1) is 13.9. The van der Waals surface area contributed by atoms with Crippen molar-refractivity contribution in [2.75, 3.05) is 0 Å². The second-order valence-corrected chi connectivity index (χ2v) is 4.46. The van der Waals surface area contributed by atoms with E-state index in [4.69, 9.17) is 9.84 Å². The van der Waals surface area contributed by atoms with Gasteiger partial charge in [-0.05, 0) is 41.8 Å². The van der Waals surface area contributed by atoms with Gasteiger partial charge in [0.2, 0.25) is 0 Å². The molecule has 3 heteroatoms. The summed E-state index contributed by atoms with van der Waals surface area (Å²) in [6, 6.07) is 15.6. The van der Waals surface area contributed by atoms with Crippen LogP contribution in [0, 0.1) is 6.92 Å². The van der Waals surface area contributed by atoms with Gasteiger partial charge in [-0.2, -0.15) is 0 Å². The van der Waals surface area contributed by atoms with Crippen LogP contribution in [0.25, 0.3) is 6.08 Å². The van der Waals surface area contributed by atoms with E-state index in [-0.39, 0.29) is 0 Å². The van der Waals surface area contributed by atoms with Gasteiger partial charge in [-0.25, -0.2) is 4.79 Å². The Labute approximate surface area is 118 Å². The van der Waals surface area contributed by atoms with Gasteiger partial charge in [0.1, 0.15) is 12.4 Å². The fourth-order valence-electron chi connectivity index (χ4n) is 1.83. The summed E-state index contributed by atoms with van der Waals surface area (Å²) in [5.74, 6) is -0.173. The molecular formula is C17H16O3. The molecule has 0 amide bonds. The number of rotatable bonds is 5. The molecular weight excluding hydrogens is 252 g/mol. The number of benzene rings is 2. The molecule has 2 rings (SSSR count). The summed E-state index contributed by atoms with van der Waals surface area (Å²) in [5, 5.41) is 8.62. The van der Waals surface area contributed by atoms with Crippen LogP contribution in [0.2, 0.25) is 0 Å². The van der Waals surface area contributed by atoms with Gasteiger partial charge < -0.3 is 9.84 Å². The van der Waals surface area contributed by atoms with E-state index >= 15 is 0 Å². The highest BCUT2D eigenvalue weighted by Crippen LogP contribution is 2.19. The van der Waals surface area contributed by atoms with E-state index in [9.17, 15) is 4.79 Å². The van der Waals surface area contributed by atoms with Crippen molar-refractivity contribution >= 4 is 12.0 Å². The first-order valence-electron chi connectivity index (χ1n) is 6.33. The molecule has 0 spiro atoms. The molecule has 3 nitrogen and oxygen atoms in total. The highest BCUT2D eigenvalue weighted by molar-refractivity contribution is 5.85. The molecule has 0 saturated heterocycles. The third kappa shape index (κ3) is 3.99. The van der Waals surface area contributed by atoms with Crippen LogP contribution in [0.15, 0.2) is 54.6 Å². The third-order valence-electron chi connectivity index (χ3n) is 2.90. The monoisotopic (exact) mass is 268 g/mol. The standard InChI is InChI=1S/C17H16O3/c1-13-11-16(9-7-15(13)8-10-17(18)19)20-12-14-5-3-2-4-6-14/h2-11H,12H2,1H3,(H,18,19)/b10-8+. The SMILES string of the molecule is Cc1cc(OCc2ccccc2)ccc1/C=C/C(=O)O. The molecule has 102 valence electrons. The predicted octanol–water partition coefficient (Wildman–Crippen LogP) is 3.67. The van der Waals surface area contributed by atoms with Gasteiger partial charge in [0.25, 0.3) is 0 Å². The van der Waals surface area contributed by atoms with E-state index in [1.165, 1.54) is 0 Å². The second kappa shape index (κ2) is 6.57. The number of carbonyl (C=O) groups is 1. The summed E-state index contributed by atoms with van der Waals surface area (Å²) >= 11 is 0. The average molecular weight is 268 g/mol. The zero-order valence-electron chi connectivity index (χ0n) is 11.2. The predicted molar refractivity (Wildman–Crippen MR) is 78.6 cm³/mol. The van der Waals surface area contributed by atoms with E-state index < -0.39 is 5.97 Å². The summed E-state index contributed by atoms with van der Waals surface area (Å²) in [4.78, 5) is 10.5. The Morgan fingerprint density at radius 2 is 1.95 bits per heavy atom. The highest BCUT2D eigenvalue weighted by atomic mass is 16.5. The molecule has 2 aromatic rings. The van der Waals surface area contributed by atoms with Crippen molar-refractivity contribution in [3.05, 3.63) is 71.3 Å². The Morgan fingerprint density at radius 3 is 2.60 bits per heavy atom. The molecule has 2 aromatic carbocycles. The molecule has 0 aliphatic rings. The van der Waals surface area contributed by atoms with Crippen molar-refractivity contribution < 1.29 is 14.6 Å². The van der Waals surface area contributed by atoms with Crippen LogP contribution in [0.4, 0.5) is 0 Å². The van der Waals surface area contributed by atoms with E-state index in [1.54, 1.807) is 6.08 Å². The first-order chi connectivity index (χ1) is 9.65. The van der Waals surface area contributed by atoms with E-state index in [2.05, 4.69) is 0 Å². The minimum atomic E-state index is -0.950. The number of hydrogen-bond donors (Lipinski definition) is 1. The molecule has 0 fully saturated rings. The van der Waals surface area contributed by atoms with Gasteiger partial charge in [0.05, 0.1) is 0 Å². The maximum atomic E-state index is 10.5. The number of aliphatic carboxylic acids is 1. The van der Waals surface area contributed by atoms with Gasteiger partial charge in [-0.1, -0.05) is 36.4 Å². The number of carboxylic acid groups (broad SMARTS) is 1. The molecule has 0 radical (unpaired) electrons. The van der Waals surface area contributed by atoms with Crippen LogP contribution in [0.1, 0.15) is 16.7 Å². The lowest BCUT2D eigenvalue weighted by Gasteiger charge is -2.08. The third-order valence-corrected chi connectivity index (χ3v) is 2.90. The van der Waals surface area contributed by atoms with Crippen LogP contribution in [0.5, 0.6) is 5.75 Å². The quantitative estimate of drug-likeness (QED) is 0.841. The van der Waals surface area contributed by atoms with Gasteiger partial charge in [0.15, 0.2) is 0 Å². The van der Waals surface area contributed by atoms with Crippen molar-refractivity contribution in [2.24, 2.45) is 0 Å². The van der Waals surface area contributed by atoms with Crippen molar-refractivity contribution in [3.8, 4) is 5.75 Å². The molecule has 0 saturated carbocycles. The van der Waals surface area contributed by atoms with Crippen molar-refractivity contribution in [1.82, 2.24) is 0 Å². The molecule has 0 aromatic heterocycles. The Morgan fingerprint density at radius 1 is 1.20 bits per heavy atom. The van der Waals surface area contributed by atoms with Crippen LogP contribution in [-0.2, 0) is 11.4 Å². The van der Waals surface area contributed by atoms with E-state index in [0.717, 1.165) is 28.5 Å². The largest absolute Gasteiger partial charge is 0.489 e. The van der Waals surface area contributed by atoms with Gasteiger partial charge >= 0.3 is 5.97 Å². The Bertz CT molecular complexity index is 615. The zero-order valence-corrected chi connectivity index (χ0v) is 11.2. The summed E-state index contributed by atoms with van der Waals surface area (Å²) in [5.41, 5.74) is 2.97. The normalized spacial score (nSPS) is 10.7. The number of hydrogen-bond acceptors (Lipinski definition) is 2. The minimum absolute atomic E-state index is 0.518. The van der Waals surface area contributed by atoms with Crippen LogP contribution < -0.4 is 4.74 Å². The van der Waals surface area contributed by atoms with Gasteiger partial charge in [0, 0.05) is 6.08 Å². The highest BCUT2D eigenvalue weighted by Gasteiger charge is 2.00. The van der Waals surface area contributed by atoms with Crippen molar-refractivity contribution in [3.63, 3.8) is 0 Å². The fraction of sp³-hybridized carbons (Fsp3) is 0.118. The van der Waals surface area contributed by atoms with Crippen molar-refractivity contribution in [1.29, 1.82) is 0 Å². The molecule has 20 heavy (non-hydrogen) atoms. The van der Waals surface area contributed by atoms with Crippen LogP contribution >= 0.6 is 0 Å². The molecule has 0 atom stereocenters. The zero-order chi connectivity index (χ0) is 14.4. The number of ether oxygens (including phenoxy) is 1. The number of aryl methyl sites for hydroxylation is 1. The van der Waals surface area contributed by atoms with Crippen LogP contribution in [0.3, 0.4) is 0 Å². The second-order valence-electron chi connectivity index (χ2n) is 4.46. The van der Waals surface area contributed by atoms with E-state index in [1.807, 2.05) is 55.5 Å². The lowest BCUT2D eigenvalue weighted by Crippen LogP contribution is -1.95. The Balaban J connectivity index is 2.04. The molecule has 0 aliphatic heterocycles. The molecule has 0 unspecified atom stereocenters. The molecule has 0 heterocycles. The maximum Gasteiger partial charge on any atom is 0.328 e. The Kier molecular flexibility index (Phi) is 4.56. The summed E-state index contributed by atoms with van der Waals surface area (Å²) in [6.07, 6.45) is 2.71. The van der Waals surface area contributed by atoms with Crippen molar-refractivity contribution in [2.45, 2.75) is 13.5 Å². The van der Waals surface area contributed by atoms with E-state index in [0.29, 0.717) is 6.61 Å². The van der Waals surface area contributed by atoms with Gasteiger partial charge in [-0.15, -0.1) is 0 Å².